The Balaban J connectivity index is 1.60. The molecule has 25 heavy (non-hydrogen) atoms. The van der Waals surface area contributed by atoms with Gasteiger partial charge in [0.15, 0.2) is 0 Å². The Hall–Kier alpha value is -2.18. The van der Waals surface area contributed by atoms with Gasteiger partial charge in [-0.2, -0.15) is 0 Å². The number of nitrogens with one attached hydrogen (secondary N) is 1. The van der Waals surface area contributed by atoms with Gasteiger partial charge in [0.25, 0.3) is 5.56 Å². The van der Waals surface area contributed by atoms with Crippen molar-refractivity contribution in [2.45, 2.75) is 13.5 Å². The molecule has 6 heteroatoms. The van der Waals surface area contributed by atoms with Gasteiger partial charge in [-0.15, -0.1) is 0 Å². The fraction of sp³-hybridized carbons (Fsp3) is 0.263. The van der Waals surface area contributed by atoms with Crippen LogP contribution in [-0.2, 0) is 6.54 Å². The summed E-state index contributed by atoms with van der Waals surface area (Å²) in [7, 11) is 2.07. The zero-order chi connectivity index (χ0) is 17.8. The Morgan fingerprint density at radius 1 is 1.20 bits per heavy atom. The maximum Gasteiger partial charge on any atom is 0.258 e. The lowest BCUT2D eigenvalue weighted by Gasteiger charge is -2.14. The molecule has 1 unspecified atom stereocenters. The van der Waals surface area contributed by atoms with Crippen LogP contribution >= 0.6 is 15.9 Å². The summed E-state index contributed by atoms with van der Waals surface area (Å²) >= 11 is 3.41. The first-order chi connectivity index (χ1) is 12.0. The van der Waals surface area contributed by atoms with Gasteiger partial charge < -0.3 is 9.64 Å². The predicted octanol–water partition coefficient (Wildman–Crippen LogP) is 1.86. The largest absolute Gasteiger partial charge is 0.488 e. The number of pyridine rings is 1. The van der Waals surface area contributed by atoms with Gasteiger partial charge in [-0.25, -0.2) is 4.98 Å². The molecule has 3 aromatic rings. The van der Waals surface area contributed by atoms with E-state index in [1.807, 2.05) is 49.5 Å². The molecule has 0 bridgehead atoms. The molecule has 130 valence electrons. The van der Waals surface area contributed by atoms with Crippen molar-refractivity contribution >= 4 is 21.6 Å². The Labute approximate surface area is 155 Å². The lowest BCUT2D eigenvalue weighted by Crippen LogP contribution is -3.08. The summed E-state index contributed by atoms with van der Waals surface area (Å²) in [5.41, 5.74) is 2.49. The number of hydrogen-bond donors (Lipinski definition) is 1. The van der Waals surface area contributed by atoms with Crippen molar-refractivity contribution in [3.8, 4) is 5.75 Å². The van der Waals surface area contributed by atoms with Gasteiger partial charge in [0.1, 0.15) is 36.8 Å². The van der Waals surface area contributed by atoms with E-state index in [1.165, 1.54) is 4.90 Å². The number of likely N-dealkylation sites (N-methyl/N-ethyl adjacent to an activating group) is 1. The molecular weight excluding hydrogens is 382 g/mol. The minimum Gasteiger partial charge on any atom is -0.488 e. The highest BCUT2D eigenvalue weighted by atomic mass is 79.9. The van der Waals surface area contributed by atoms with Crippen LogP contribution < -0.4 is 15.2 Å². The standard InChI is InChI=1S/C19H20BrN3O2/c1-14-3-8-18-21-16(11-19(24)23(18)12-14)13-22(2)9-10-25-17-6-4-15(20)5-7-17/h3-8,11-12H,9-10,13H2,1-2H3/p+1. The second-order valence-electron chi connectivity index (χ2n) is 6.21. The van der Waals surface area contributed by atoms with E-state index in [0.29, 0.717) is 18.8 Å². The molecule has 3 rings (SSSR count). The van der Waals surface area contributed by atoms with E-state index in [2.05, 4.69) is 28.0 Å². The van der Waals surface area contributed by atoms with Gasteiger partial charge in [0.05, 0.1) is 7.05 Å². The number of benzene rings is 1. The number of halogens is 1. The summed E-state index contributed by atoms with van der Waals surface area (Å²) in [6.07, 6.45) is 1.82. The maximum atomic E-state index is 12.2. The van der Waals surface area contributed by atoms with Gasteiger partial charge >= 0.3 is 0 Å². The van der Waals surface area contributed by atoms with Gasteiger partial charge in [0, 0.05) is 16.7 Å². The Bertz CT molecular complexity index is 922. The summed E-state index contributed by atoms with van der Waals surface area (Å²) in [4.78, 5) is 18.1. The van der Waals surface area contributed by atoms with Gasteiger partial charge in [-0.05, 0) is 42.8 Å². The minimum atomic E-state index is -0.0392. The molecule has 2 heterocycles. The quantitative estimate of drug-likeness (QED) is 0.684. The highest BCUT2D eigenvalue weighted by molar-refractivity contribution is 9.10. The van der Waals surface area contributed by atoms with Crippen LogP contribution in [0.3, 0.4) is 0 Å². The molecule has 0 aliphatic heterocycles. The highest BCUT2D eigenvalue weighted by Gasteiger charge is 2.09. The third kappa shape index (κ3) is 4.67. The molecule has 1 N–H and O–H groups in total. The number of aromatic nitrogens is 2. The van der Waals surface area contributed by atoms with E-state index in [9.17, 15) is 4.79 Å². The maximum absolute atomic E-state index is 12.2. The van der Waals surface area contributed by atoms with E-state index < -0.39 is 0 Å². The molecule has 0 amide bonds. The smallest absolute Gasteiger partial charge is 0.258 e. The zero-order valence-electron chi connectivity index (χ0n) is 14.3. The van der Waals surface area contributed by atoms with Crippen molar-refractivity contribution in [1.82, 2.24) is 9.38 Å². The molecule has 0 saturated heterocycles. The zero-order valence-corrected chi connectivity index (χ0v) is 15.9. The topological polar surface area (TPSA) is 48.0 Å². The van der Waals surface area contributed by atoms with Crippen molar-refractivity contribution < 1.29 is 9.64 Å². The number of quaternary nitrogens is 1. The molecule has 5 nitrogen and oxygen atoms in total. The fourth-order valence-electron chi connectivity index (χ4n) is 2.62. The first-order valence-electron chi connectivity index (χ1n) is 8.20. The molecule has 1 atom stereocenters. The van der Waals surface area contributed by atoms with Gasteiger partial charge in [0.2, 0.25) is 0 Å². The van der Waals surface area contributed by atoms with E-state index in [-0.39, 0.29) is 5.56 Å². The summed E-state index contributed by atoms with van der Waals surface area (Å²) < 4.78 is 8.37. The van der Waals surface area contributed by atoms with Crippen molar-refractivity contribution in [2.75, 3.05) is 20.2 Å². The second-order valence-corrected chi connectivity index (χ2v) is 7.12. The number of hydrogen-bond acceptors (Lipinski definition) is 3. The highest BCUT2D eigenvalue weighted by Crippen LogP contribution is 2.15. The van der Waals surface area contributed by atoms with Crippen LogP contribution in [0, 0.1) is 6.92 Å². The summed E-state index contributed by atoms with van der Waals surface area (Å²) in [5, 5.41) is 0. The van der Waals surface area contributed by atoms with Crippen LogP contribution in [0.25, 0.3) is 5.65 Å². The molecular formula is C19H21BrN3O2+. The third-order valence-electron chi connectivity index (χ3n) is 3.95. The molecule has 0 spiro atoms. The molecule has 2 aromatic heterocycles. The van der Waals surface area contributed by atoms with Crippen LogP contribution in [0.15, 0.2) is 57.9 Å². The molecule has 0 radical (unpaired) electrons. The Kier molecular flexibility index (Phi) is 5.50. The number of ether oxygens (including phenoxy) is 1. The first kappa shape index (κ1) is 17.6. The average Bonchev–Trinajstić information content (AvgIpc) is 2.57. The summed E-state index contributed by atoms with van der Waals surface area (Å²) in [6.45, 7) is 4.08. The van der Waals surface area contributed by atoms with Gasteiger partial charge in [-0.1, -0.05) is 22.0 Å². The molecule has 0 aliphatic rings. The Morgan fingerprint density at radius 3 is 2.72 bits per heavy atom. The van der Waals surface area contributed by atoms with E-state index in [1.54, 1.807) is 10.5 Å². The minimum absolute atomic E-state index is 0.0392. The van der Waals surface area contributed by atoms with Crippen molar-refractivity contribution in [1.29, 1.82) is 0 Å². The molecule has 0 fully saturated rings. The molecule has 0 aliphatic carbocycles. The van der Waals surface area contributed by atoms with Gasteiger partial charge in [-0.3, -0.25) is 9.20 Å². The fourth-order valence-corrected chi connectivity index (χ4v) is 2.88. The number of fused-ring (bicyclic) bond motifs is 1. The van der Waals surface area contributed by atoms with Crippen LogP contribution in [0.2, 0.25) is 0 Å². The second kappa shape index (κ2) is 7.80. The lowest BCUT2D eigenvalue weighted by atomic mass is 10.3. The van der Waals surface area contributed by atoms with E-state index >= 15 is 0 Å². The first-order valence-corrected chi connectivity index (χ1v) is 8.99. The number of nitrogens with zero attached hydrogens (tertiary/aromatic N) is 2. The van der Waals surface area contributed by atoms with Crippen LogP contribution in [0.4, 0.5) is 0 Å². The summed E-state index contributed by atoms with van der Waals surface area (Å²) in [6, 6.07) is 13.3. The SMILES string of the molecule is Cc1ccc2nc(C[NH+](C)CCOc3ccc(Br)cc3)cc(=O)n2c1. The van der Waals surface area contributed by atoms with Crippen LogP contribution in [0.1, 0.15) is 11.3 Å². The predicted molar refractivity (Wildman–Crippen MR) is 101 cm³/mol. The summed E-state index contributed by atoms with van der Waals surface area (Å²) in [5.74, 6) is 0.855. The third-order valence-corrected chi connectivity index (χ3v) is 4.48. The van der Waals surface area contributed by atoms with E-state index in [0.717, 1.165) is 28.0 Å². The van der Waals surface area contributed by atoms with Crippen LogP contribution in [0.5, 0.6) is 5.75 Å². The van der Waals surface area contributed by atoms with Crippen molar-refractivity contribution in [3.63, 3.8) is 0 Å². The number of aryl methyl sites for hydroxylation is 1. The van der Waals surface area contributed by atoms with Crippen molar-refractivity contribution in [2.24, 2.45) is 0 Å². The average molecular weight is 403 g/mol. The lowest BCUT2D eigenvalue weighted by molar-refractivity contribution is -0.894. The van der Waals surface area contributed by atoms with E-state index in [4.69, 9.17) is 4.74 Å². The van der Waals surface area contributed by atoms with Crippen LogP contribution in [-0.4, -0.2) is 29.6 Å². The molecule has 1 aromatic carbocycles. The Morgan fingerprint density at radius 2 is 1.96 bits per heavy atom. The monoisotopic (exact) mass is 402 g/mol. The molecule has 0 saturated carbocycles. The number of rotatable bonds is 6. The normalized spacial score (nSPS) is 12.3. The van der Waals surface area contributed by atoms with Crippen molar-refractivity contribution in [3.05, 3.63) is 74.7 Å².